The maximum atomic E-state index is 11.9. The summed E-state index contributed by atoms with van der Waals surface area (Å²) in [6.07, 6.45) is 2.10. The number of rotatable bonds is 6. The number of H-pyrrole nitrogens is 1. The molecular formula is C14H18ClN3OS. The van der Waals surface area contributed by atoms with Gasteiger partial charge in [0.15, 0.2) is 0 Å². The lowest BCUT2D eigenvalue weighted by Crippen LogP contribution is -2.24. The molecule has 0 aliphatic carbocycles. The first-order valence-electron chi connectivity index (χ1n) is 6.48. The first kappa shape index (κ1) is 15.4. The molecule has 1 atom stereocenters. The molecule has 0 bridgehead atoms. The molecule has 1 aromatic heterocycles. The van der Waals surface area contributed by atoms with Crippen LogP contribution in [-0.4, -0.2) is 28.5 Å². The van der Waals surface area contributed by atoms with Gasteiger partial charge in [-0.1, -0.05) is 18.5 Å². The Kier molecular flexibility index (Phi) is 5.46. The van der Waals surface area contributed by atoms with Crippen LogP contribution >= 0.6 is 23.4 Å². The molecule has 6 heteroatoms. The predicted octanol–water partition coefficient (Wildman–Crippen LogP) is 2.67. The molecule has 0 aliphatic heterocycles. The lowest BCUT2D eigenvalue weighted by molar-refractivity contribution is 0.549. The molecule has 0 spiro atoms. The molecule has 108 valence electrons. The fraction of sp³-hybridized carbons (Fsp3) is 0.429. The molecule has 1 unspecified atom stereocenters. The smallest absolute Gasteiger partial charge is 0.258 e. The number of nitrogens with zero attached hydrogens (tertiary/aromatic N) is 1. The van der Waals surface area contributed by atoms with Crippen LogP contribution in [0.25, 0.3) is 10.9 Å². The lowest BCUT2D eigenvalue weighted by Gasteiger charge is -2.10. The quantitative estimate of drug-likeness (QED) is 0.861. The highest BCUT2D eigenvalue weighted by atomic mass is 35.5. The summed E-state index contributed by atoms with van der Waals surface area (Å²) < 4.78 is 0. The van der Waals surface area contributed by atoms with Crippen molar-refractivity contribution in [3.8, 4) is 0 Å². The molecule has 1 aromatic carbocycles. The van der Waals surface area contributed by atoms with Gasteiger partial charge in [-0.05, 0) is 42.7 Å². The molecule has 4 nitrogen and oxygen atoms in total. The van der Waals surface area contributed by atoms with E-state index in [1.807, 2.05) is 11.8 Å². The van der Waals surface area contributed by atoms with Gasteiger partial charge in [0.05, 0.1) is 17.4 Å². The van der Waals surface area contributed by atoms with E-state index in [2.05, 4.69) is 28.5 Å². The third kappa shape index (κ3) is 3.98. The second-order valence-electron chi connectivity index (χ2n) is 4.87. The van der Waals surface area contributed by atoms with Gasteiger partial charge in [0, 0.05) is 5.02 Å². The fourth-order valence-electron chi connectivity index (χ4n) is 2.03. The summed E-state index contributed by atoms with van der Waals surface area (Å²) >= 11 is 7.77. The van der Waals surface area contributed by atoms with Crippen molar-refractivity contribution in [3.05, 3.63) is 39.4 Å². The van der Waals surface area contributed by atoms with Gasteiger partial charge in [-0.25, -0.2) is 4.98 Å². The van der Waals surface area contributed by atoms with Crippen LogP contribution in [0.1, 0.15) is 12.7 Å². The number of aromatic amines is 1. The van der Waals surface area contributed by atoms with Gasteiger partial charge in [0.2, 0.25) is 0 Å². The van der Waals surface area contributed by atoms with E-state index in [1.165, 1.54) is 0 Å². The zero-order valence-corrected chi connectivity index (χ0v) is 13.1. The van der Waals surface area contributed by atoms with E-state index in [0.29, 0.717) is 34.2 Å². The van der Waals surface area contributed by atoms with Gasteiger partial charge in [0.1, 0.15) is 5.82 Å². The molecule has 2 rings (SSSR count). The number of aromatic nitrogens is 2. The molecule has 0 radical (unpaired) electrons. The van der Waals surface area contributed by atoms with Crippen LogP contribution in [0.4, 0.5) is 0 Å². The van der Waals surface area contributed by atoms with Crippen LogP contribution in [0.5, 0.6) is 0 Å². The number of benzene rings is 1. The van der Waals surface area contributed by atoms with Crippen LogP contribution in [0.3, 0.4) is 0 Å². The van der Waals surface area contributed by atoms with Gasteiger partial charge >= 0.3 is 0 Å². The van der Waals surface area contributed by atoms with E-state index in [4.69, 9.17) is 11.6 Å². The summed E-state index contributed by atoms with van der Waals surface area (Å²) in [4.78, 5) is 19.2. The second-order valence-corrected chi connectivity index (χ2v) is 6.21. The lowest BCUT2D eigenvalue weighted by atomic mass is 10.2. The van der Waals surface area contributed by atoms with Crippen molar-refractivity contribution in [2.24, 2.45) is 5.92 Å². The van der Waals surface area contributed by atoms with Gasteiger partial charge < -0.3 is 10.3 Å². The third-order valence-electron chi connectivity index (χ3n) is 2.95. The number of hydrogen-bond donors (Lipinski definition) is 2. The minimum atomic E-state index is -0.124. The Morgan fingerprint density at radius 2 is 2.30 bits per heavy atom. The third-order valence-corrected chi connectivity index (χ3v) is 4.09. The summed E-state index contributed by atoms with van der Waals surface area (Å²) in [5, 5.41) is 4.46. The van der Waals surface area contributed by atoms with Gasteiger partial charge in [-0.15, -0.1) is 0 Å². The molecular weight excluding hydrogens is 294 g/mol. The van der Waals surface area contributed by atoms with E-state index in [1.54, 1.807) is 18.2 Å². The minimum absolute atomic E-state index is 0.124. The largest absolute Gasteiger partial charge is 0.310 e. The van der Waals surface area contributed by atoms with Gasteiger partial charge in [0.25, 0.3) is 5.56 Å². The highest BCUT2D eigenvalue weighted by Crippen LogP contribution is 2.14. The molecule has 0 amide bonds. The maximum absolute atomic E-state index is 11.9. The number of fused-ring (bicyclic) bond motifs is 1. The first-order valence-corrected chi connectivity index (χ1v) is 8.25. The second kappa shape index (κ2) is 7.11. The van der Waals surface area contributed by atoms with Gasteiger partial charge in [-0.3, -0.25) is 4.79 Å². The molecule has 2 aromatic rings. The summed E-state index contributed by atoms with van der Waals surface area (Å²) in [5.41, 5.74) is 0.510. The molecule has 20 heavy (non-hydrogen) atoms. The average Bonchev–Trinajstić information content (AvgIpc) is 2.38. The topological polar surface area (TPSA) is 57.8 Å². The predicted molar refractivity (Wildman–Crippen MR) is 86.6 cm³/mol. The normalized spacial score (nSPS) is 12.8. The standard InChI is InChI=1S/C14H18ClN3OS/c1-9(8-20-2)6-16-7-13-17-12-5-10(15)3-4-11(12)14(19)18-13/h3-5,9,16H,6-8H2,1-2H3,(H,17,18,19). The molecule has 0 fully saturated rings. The summed E-state index contributed by atoms with van der Waals surface area (Å²) in [6, 6.07) is 5.11. The fourth-order valence-corrected chi connectivity index (χ4v) is 2.88. The van der Waals surface area contributed by atoms with Crippen LogP contribution in [0.2, 0.25) is 5.02 Å². The minimum Gasteiger partial charge on any atom is -0.310 e. The molecule has 0 aliphatic rings. The Morgan fingerprint density at radius 3 is 3.05 bits per heavy atom. The van der Waals surface area contributed by atoms with E-state index in [9.17, 15) is 4.79 Å². The zero-order valence-electron chi connectivity index (χ0n) is 11.6. The Balaban J connectivity index is 2.09. The van der Waals surface area contributed by atoms with Crippen molar-refractivity contribution in [1.29, 1.82) is 0 Å². The van der Waals surface area contributed by atoms with Crippen LogP contribution in [0, 0.1) is 5.92 Å². The number of halogens is 1. The van der Waals surface area contributed by atoms with Crippen molar-refractivity contribution in [2.45, 2.75) is 13.5 Å². The van der Waals surface area contributed by atoms with E-state index in [-0.39, 0.29) is 5.56 Å². The maximum Gasteiger partial charge on any atom is 0.258 e. The zero-order chi connectivity index (χ0) is 14.5. The average molecular weight is 312 g/mol. The number of nitrogens with one attached hydrogen (secondary N) is 2. The van der Waals surface area contributed by atoms with E-state index >= 15 is 0 Å². The van der Waals surface area contributed by atoms with Crippen molar-refractivity contribution < 1.29 is 0 Å². The Labute approximate surface area is 127 Å². The number of thioether (sulfide) groups is 1. The van der Waals surface area contributed by atoms with Crippen molar-refractivity contribution >= 4 is 34.3 Å². The summed E-state index contributed by atoms with van der Waals surface area (Å²) in [6.45, 7) is 3.65. The van der Waals surface area contributed by atoms with Crippen molar-refractivity contribution in [1.82, 2.24) is 15.3 Å². The molecule has 1 heterocycles. The highest BCUT2D eigenvalue weighted by Gasteiger charge is 2.05. The van der Waals surface area contributed by atoms with Crippen LogP contribution < -0.4 is 10.9 Å². The SMILES string of the molecule is CSCC(C)CNCc1nc2cc(Cl)ccc2c(=O)[nH]1. The number of hydrogen-bond acceptors (Lipinski definition) is 4. The van der Waals surface area contributed by atoms with Gasteiger partial charge in [-0.2, -0.15) is 11.8 Å². The van der Waals surface area contributed by atoms with Crippen molar-refractivity contribution in [3.63, 3.8) is 0 Å². The molecule has 2 N–H and O–H groups in total. The van der Waals surface area contributed by atoms with E-state index < -0.39 is 0 Å². The Hall–Kier alpha value is -1.04. The Bertz CT molecular complexity index is 644. The highest BCUT2D eigenvalue weighted by molar-refractivity contribution is 7.98. The molecule has 0 saturated heterocycles. The Morgan fingerprint density at radius 1 is 1.50 bits per heavy atom. The van der Waals surface area contributed by atoms with Crippen molar-refractivity contribution in [2.75, 3.05) is 18.6 Å². The van der Waals surface area contributed by atoms with Crippen LogP contribution in [-0.2, 0) is 6.54 Å². The molecule has 0 saturated carbocycles. The summed E-state index contributed by atoms with van der Waals surface area (Å²) in [7, 11) is 0. The first-order chi connectivity index (χ1) is 9.60. The monoisotopic (exact) mass is 311 g/mol. The van der Waals surface area contributed by atoms with Crippen LogP contribution in [0.15, 0.2) is 23.0 Å². The van der Waals surface area contributed by atoms with E-state index in [0.717, 1.165) is 12.3 Å². The summed E-state index contributed by atoms with van der Waals surface area (Å²) in [5.74, 6) is 2.34.